The number of allylic oxidation sites excluding steroid dienone is 1. The molecule has 2 N–H and O–H groups in total. The molecule has 0 saturated carbocycles. The van der Waals surface area contributed by atoms with Crippen LogP contribution in [0.1, 0.15) is 31.9 Å². The molecule has 0 amide bonds. The summed E-state index contributed by atoms with van der Waals surface area (Å²) in [7, 11) is 2.90. The third kappa shape index (κ3) is 4.19. The van der Waals surface area contributed by atoms with Crippen LogP contribution in [0.5, 0.6) is 11.5 Å². The Hall–Kier alpha value is -3.00. The van der Waals surface area contributed by atoms with E-state index in [4.69, 9.17) is 14.2 Å². The number of methoxy groups -OCH3 is 2. The molecule has 1 aliphatic heterocycles. The predicted octanol–water partition coefficient (Wildman–Crippen LogP) is 5.09. The summed E-state index contributed by atoms with van der Waals surface area (Å²) in [5.74, 6) is -0.641. The van der Waals surface area contributed by atoms with Crippen molar-refractivity contribution in [1.82, 2.24) is 0 Å². The molecule has 174 valence electrons. The summed E-state index contributed by atoms with van der Waals surface area (Å²) in [6, 6.07) is 11.1. The van der Waals surface area contributed by atoms with Crippen molar-refractivity contribution in [2.24, 2.45) is 11.8 Å². The Bertz CT molecular complexity index is 1130. The standard InChI is InChI=1S/C25H27BrN2O5/c1-5-33-24-15(26)11-14(12-19(24)31-3)22-21-18(27-16-8-6-7-9-17(16)28-22)10-13(2)20(23(21)29)25(30)32-4/h6-9,11-13,20,22,27-28H,5,10H2,1-4H3/t13-,20+,22+/m1/s1. The summed E-state index contributed by atoms with van der Waals surface area (Å²) in [4.78, 5) is 26.3. The lowest BCUT2D eigenvalue weighted by atomic mass is 9.75. The highest BCUT2D eigenvalue weighted by Gasteiger charge is 2.44. The molecular weight excluding hydrogens is 488 g/mol. The molecule has 8 heteroatoms. The van der Waals surface area contributed by atoms with Crippen molar-refractivity contribution >= 4 is 39.1 Å². The van der Waals surface area contributed by atoms with E-state index in [-0.39, 0.29) is 11.7 Å². The average Bonchev–Trinajstić information content (AvgIpc) is 2.96. The number of rotatable bonds is 5. The van der Waals surface area contributed by atoms with Crippen LogP contribution in [0.15, 0.2) is 52.1 Å². The lowest BCUT2D eigenvalue weighted by Crippen LogP contribution is -2.39. The van der Waals surface area contributed by atoms with Crippen molar-refractivity contribution < 1.29 is 23.8 Å². The number of nitrogens with one attached hydrogen (secondary N) is 2. The van der Waals surface area contributed by atoms with Gasteiger partial charge in [-0.25, -0.2) is 0 Å². The molecule has 0 radical (unpaired) electrons. The second-order valence-electron chi connectivity index (χ2n) is 8.15. The molecule has 2 aromatic rings. The number of hydrogen-bond donors (Lipinski definition) is 2. The smallest absolute Gasteiger partial charge is 0.316 e. The van der Waals surface area contributed by atoms with Crippen LogP contribution in [-0.4, -0.2) is 32.6 Å². The number of para-hydroxylation sites is 2. The van der Waals surface area contributed by atoms with E-state index in [1.165, 1.54) is 7.11 Å². The summed E-state index contributed by atoms with van der Waals surface area (Å²) in [5, 5.41) is 6.97. The fraction of sp³-hybridized carbons (Fsp3) is 0.360. The van der Waals surface area contributed by atoms with E-state index in [0.29, 0.717) is 34.6 Å². The minimum Gasteiger partial charge on any atom is -0.493 e. The first kappa shape index (κ1) is 23.2. The highest BCUT2D eigenvalue weighted by molar-refractivity contribution is 9.10. The summed E-state index contributed by atoms with van der Waals surface area (Å²) in [5.41, 5.74) is 3.87. The highest BCUT2D eigenvalue weighted by atomic mass is 79.9. The molecule has 0 unspecified atom stereocenters. The van der Waals surface area contributed by atoms with Gasteiger partial charge in [0.1, 0.15) is 5.92 Å². The minimum atomic E-state index is -0.853. The first-order chi connectivity index (χ1) is 15.9. The average molecular weight is 515 g/mol. The Balaban J connectivity index is 1.90. The molecule has 0 bridgehead atoms. The second-order valence-corrected chi connectivity index (χ2v) is 9.01. The summed E-state index contributed by atoms with van der Waals surface area (Å²) in [6.45, 7) is 4.29. The molecule has 1 aliphatic carbocycles. The zero-order chi connectivity index (χ0) is 23.7. The van der Waals surface area contributed by atoms with E-state index >= 15 is 0 Å². The van der Waals surface area contributed by atoms with Crippen molar-refractivity contribution in [1.29, 1.82) is 0 Å². The van der Waals surface area contributed by atoms with Crippen LogP contribution in [-0.2, 0) is 14.3 Å². The van der Waals surface area contributed by atoms with Crippen molar-refractivity contribution in [2.45, 2.75) is 26.3 Å². The van der Waals surface area contributed by atoms with Gasteiger partial charge in [-0.15, -0.1) is 0 Å². The first-order valence-electron chi connectivity index (χ1n) is 10.9. The van der Waals surface area contributed by atoms with E-state index in [1.54, 1.807) is 7.11 Å². The summed E-state index contributed by atoms with van der Waals surface area (Å²) >= 11 is 3.59. The van der Waals surface area contributed by atoms with Gasteiger partial charge in [-0.2, -0.15) is 0 Å². The van der Waals surface area contributed by atoms with Crippen molar-refractivity contribution in [3.05, 3.63) is 57.7 Å². The minimum absolute atomic E-state index is 0.191. The van der Waals surface area contributed by atoms with Gasteiger partial charge in [0.15, 0.2) is 17.3 Å². The lowest BCUT2D eigenvalue weighted by Gasteiger charge is -2.32. The van der Waals surface area contributed by atoms with E-state index in [1.807, 2.05) is 50.2 Å². The van der Waals surface area contributed by atoms with E-state index in [9.17, 15) is 9.59 Å². The monoisotopic (exact) mass is 514 g/mol. The van der Waals surface area contributed by atoms with Gasteiger partial charge < -0.3 is 24.8 Å². The number of fused-ring (bicyclic) bond motifs is 1. The summed E-state index contributed by atoms with van der Waals surface area (Å²) < 4.78 is 17.0. The Morgan fingerprint density at radius 3 is 2.58 bits per heavy atom. The van der Waals surface area contributed by atoms with Crippen LogP contribution in [0.2, 0.25) is 0 Å². The molecule has 3 atom stereocenters. The molecule has 0 saturated heterocycles. The lowest BCUT2D eigenvalue weighted by molar-refractivity contribution is -0.151. The molecule has 2 aliphatic rings. The number of carbonyl (C=O) groups is 2. The maximum Gasteiger partial charge on any atom is 0.316 e. The molecule has 1 heterocycles. The number of hydrogen-bond acceptors (Lipinski definition) is 7. The molecule has 33 heavy (non-hydrogen) atoms. The molecule has 0 aromatic heterocycles. The molecule has 2 aromatic carbocycles. The molecule has 7 nitrogen and oxygen atoms in total. The van der Waals surface area contributed by atoms with Crippen LogP contribution in [0.4, 0.5) is 11.4 Å². The Morgan fingerprint density at radius 2 is 1.91 bits per heavy atom. The number of halogens is 1. The Morgan fingerprint density at radius 1 is 1.18 bits per heavy atom. The number of anilines is 2. The number of Topliss-reactive ketones (excluding diaryl/α,β-unsaturated/α-hetero) is 1. The number of ketones is 1. The fourth-order valence-corrected chi connectivity index (χ4v) is 5.15. The van der Waals surface area contributed by atoms with E-state index < -0.39 is 17.9 Å². The normalized spacial score (nSPS) is 21.7. The van der Waals surface area contributed by atoms with Crippen LogP contribution >= 0.6 is 15.9 Å². The molecule has 0 spiro atoms. The van der Waals surface area contributed by atoms with Gasteiger partial charge in [0, 0.05) is 11.3 Å². The van der Waals surface area contributed by atoms with Crippen molar-refractivity contribution in [2.75, 3.05) is 31.5 Å². The summed E-state index contributed by atoms with van der Waals surface area (Å²) in [6.07, 6.45) is 0.544. The number of carbonyl (C=O) groups excluding carboxylic acids is 2. The van der Waals surface area contributed by atoms with Gasteiger partial charge in [-0.1, -0.05) is 19.1 Å². The van der Waals surface area contributed by atoms with Crippen LogP contribution < -0.4 is 20.1 Å². The van der Waals surface area contributed by atoms with Gasteiger partial charge in [0.25, 0.3) is 0 Å². The number of ether oxygens (including phenoxy) is 3. The maximum absolute atomic E-state index is 13.8. The van der Waals surface area contributed by atoms with Gasteiger partial charge in [-0.05, 0) is 65.0 Å². The molecule has 0 fully saturated rings. The van der Waals surface area contributed by atoms with Crippen molar-refractivity contribution in [3.63, 3.8) is 0 Å². The third-order valence-electron chi connectivity index (χ3n) is 6.10. The van der Waals surface area contributed by atoms with Gasteiger partial charge in [-0.3, -0.25) is 9.59 Å². The number of esters is 1. The van der Waals surface area contributed by atoms with Gasteiger partial charge in [0.2, 0.25) is 0 Å². The fourth-order valence-electron chi connectivity index (χ4n) is 4.57. The van der Waals surface area contributed by atoms with Gasteiger partial charge in [0.05, 0.1) is 42.7 Å². The predicted molar refractivity (Wildman–Crippen MR) is 130 cm³/mol. The van der Waals surface area contributed by atoms with Crippen LogP contribution in [0, 0.1) is 11.8 Å². The maximum atomic E-state index is 13.8. The highest BCUT2D eigenvalue weighted by Crippen LogP contribution is 2.46. The SMILES string of the molecule is CCOc1c(Br)cc([C@@H]2Nc3ccccc3NC3=C2C(=O)[C@@H](C(=O)OC)[C@H](C)C3)cc1OC. The zero-order valence-corrected chi connectivity index (χ0v) is 20.6. The van der Waals surface area contributed by atoms with Crippen molar-refractivity contribution in [3.8, 4) is 11.5 Å². The van der Waals surface area contributed by atoms with E-state index in [0.717, 1.165) is 22.6 Å². The second kappa shape index (κ2) is 9.47. The third-order valence-corrected chi connectivity index (χ3v) is 6.69. The number of benzene rings is 2. The van der Waals surface area contributed by atoms with E-state index in [2.05, 4.69) is 26.6 Å². The molecular formula is C25H27BrN2O5. The largest absolute Gasteiger partial charge is 0.493 e. The van der Waals surface area contributed by atoms with Gasteiger partial charge >= 0.3 is 5.97 Å². The first-order valence-corrected chi connectivity index (χ1v) is 11.7. The molecule has 4 rings (SSSR count). The van der Waals surface area contributed by atoms with Crippen LogP contribution in [0.3, 0.4) is 0 Å². The Kier molecular flexibility index (Phi) is 6.65. The Labute approximate surface area is 201 Å². The quantitative estimate of drug-likeness (QED) is 0.424. The topological polar surface area (TPSA) is 85.9 Å². The zero-order valence-electron chi connectivity index (χ0n) is 19.0. The van der Waals surface area contributed by atoms with Crippen LogP contribution in [0.25, 0.3) is 0 Å².